The smallest absolute Gasteiger partial charge is 0.0489 e. The summed E-state index contributed by atoms with van der Waals surface area (Å²) < 4.78 is 3.31. The normalized spacial score (nSPS) is 14.9. The molecule has 0 aliphatic heterocycles. The standard InChI is InChI=1S/C14H16BrN3/c15-12-6-11(7-16-8-12)10-18-5-1-2-14(18)9-17-13-3-4-13/h1-2,5-8,13,17H,3-4,9-10H2. The molecule has 0 amide bonds. The Balaban J connectivity index is 1.69. The van der Waals surface area contributed by atoms with Gasteiger partial charge < -0.3 is 9.88 Å². The molecule has 0 spiro atoms. The summed E-state index contributed by atoms with van der Waals surface area (Å²) in [5.74, 6) is 0. The molecule has 1 aliphatic carbocycles. The van der Waals surface area contributed by atoms with Gasteiger partial charge in [0.05, 0.1) is 0 Å². The van der Waals surface area contributed by atoms with Gasteiger partial charge in [-0.15, -0.1) is 0 Å². The van der Waals surface area contributed by atoms with Crippen LogP contribution in [0, 0.1) is 0 Å². The van der Waals surface area contributed by atoms with E-state index in [0.717, 1.165) is 23.6 Å². The topological polar surface area (TPSA) is 29.9 Å². The number of aromatic nitrogens is 2. The molecule has 4 heteroatoms. The minimum Gasteiger partial charge on any atom is -0.346 e. The van der Waals surface area contributed by atoms with Crippen LogP contribution in [0.5, 0.6) is 0 Å². The van der Waals surface area contributed by atoms with E-state index in [1.165, 1.54) is 24.1 Å². The van der Waals surface area contributed by atoms with Crippen molar-refractivity contribution in [3.05, 3.63) is 52.5 Å². The summed E-state index contributed by atoms with van der Waals surface area (Å²) >= 11 is 3.46. The lowest BCUT2D eigenvalue weighted by Gasteiger charge is -2.10. The molecule has 1 aliphatic rings. The summed E-state index contributed by atoms with van der Waals surface area (Å²) in [5, 5.41) is 3.55. The lowest BCUT2D eigenvalue weighted by atomic mass is 10.3. The van der Waals surface area contributed by atoms with Gasteiger partial charge in [0, 0.05) is 47.9 Å². The largest absolute Gasteiger partial charge is 0.346 e. The van der Waals surface area contributed by atoms with Crippen molar-refractivity contribution in [3.8, 4) is 0 Å². The Kier molecular flexibility index (Phi) is 3.48. The average molecular weight is 306 g/mol. The molecule has 94 valence electrons. The quantitative estimate of drug-likeness (QED) is 0.920. The first-order chi connectivity index (χ1) is 8.81. The molecule has 0 bridgehead atoms. The van der Waals surface area contributed by atoms with Gasteiger partial charge in [0.2, 0.25) is 0 Å². The summed E-state index contributed by atoms with van der Waals surface area (Å²) in [5.41, 5.74) is 2.55. The summed E-state index contributed by atoms with van der Waals surface area (Å²) in [7, 11) is 0. The fourth-order valence-electron chi connectivity index (χ4n) is 2.04. The Morgan fingerprint density at radius 2 is 2.28 bits per heavy atom. The number of halogens is 1. The molecule has 18 heavy (non-hydrogen) atoms. The molecule has 0 aromatic carbocycles. The summed E-state index contributed by atoms with van der Waals surface area (Å²) in [6.45, 7) is 1.83. The van der Waals surface area contributed by atoms with Crippen LogP contribution in [0.2, 0.25) is 0 Å². The van der Waals surface area contributed by atoms with Crippen molar-refractivity contribution in [2.75, 3.05) is 0 Å². The van der Waals surface area contributed by atoms with Crippen molar-refractivity contribution in [1.29, 1.82) is 0 Å². The van der Waals surface area contributed by atoms with E-state index < -0.39 is 0 Å². The maximum Gasteiger partial charge on any atom is 0.0489 e. The molecule has 2 heterocycles. The zero-order valence-electron chi connectivity index (χ0n) is 10.1. The van der Waals surface area contributed by atoms with Gasteiger partial charge in [0.1, 0.15) is 0 Å². The van der Waals surface area contributed by atoms with Crippen LogP contribution < -0.4 is 5.32 Å². The van der Waals surface area contributed by atoms with Crippen molar-refractivity contribution in [2.45, 2.75) is 32.0 Å². The second-order valence-corrected chi connectivity index (χ2v) is 5.71. The first-order valence-corrected chi connectivity index (χ1v) is 7.07. The van der Waals surface area contributed by atoms with Gasteiger partial charge in [-0.05, 0) is 52.5 Å². The fourth-order valence-corrected chi connectivity index (χ4v) is 2.45. The first-order valence-electron chi connectivity index (χ1n) is 6.28. The molecule has 3 rings (SSSR count). The number of nitrogens with one attached hydrogen (secondary N) is 1. The Morgan fingerprint density at radius 3 is 3.06 bits per heavy atom. The van der Waals surface area contributed by atoms with E-state index in [1.807, 2.05) is 12.4 Å². The highest BCUT2D eigenvalue weighted by molar-refractivity contribution is 9.10. The van der Waals surface area contributed by atoms with Gasteiger partial charge in [-0.25, -0.2) is 0 Å². The SMILES string of the molecule is Brc1cncc(Cn2cccc2CNC2CC2)c1. The highest BCUT2D eigenvalue weighted by atomic mass is 79.9. The van der Waals surface area contributed by atoms with E-state index in [2.05, 4.69) is 55.2 Å². The maximum atomic E-state index is 4.20. The third-order valence-corrected chi connectivity index (χ3v) is 3.62. The van der Waals surface area contributed by atoms with E-state index >= 15 is 0 Å². The van der Waals surface area contributed by atoms with Gasteiger partial charge in [0.15, 0.2) is 0 Å². The van der Waals surface area contributed by atoms with Crippen LogP contribution >= 0.6 is 15.9 Å². The highest BCUT2D eigenvalue weighted by Gasteiger charge is 2.20. The summed E-state index contributed by atoms with van der Waals surface area (Å²) in [6.07, 6.45) is 8.52. The first kappa shape index (κ1) is 11.9. The van der Waals surface area contributed by atoms with Crippen LogP contribution in [-0.4, -0.2) is 15.6 Å². The Labute approximate surface area is 115 Å². The predicted molar refractivity (Wildman–Crippen MR) is 75.3 cm³/mol. The second kappa shape index (κ2) is 5.24. The van der Waals surface area contributed by atoms with Crippen molar-refractivity contribution < 1.29 is 0 Å². The lowest BCUT2D eigenvalue weighted by molar-refractivity contribution is 0.634. The van der Waals surface area contributed by atoms with Crippen LogP contribution in [-0.2, 0) is 13.1 Å². The van der Waals surface area contributed by atoms with Gasteiger partial charge >= 0.3 is 0 Å². The number of hydrogen-bond acceptors (Lipinski definition) is 2. The van der Waals surface area contributed by atoms with E-state index in [0.29, 0.717) is 0 Å². The number of nitrogens with zero attached hydrogens (tertiary/aromatic N) is 2. The van der Waals surface area contributed by atoms with E-state index in [-0.39, 0.29) is 0 Å². The summed E-state index contributed by atoms with van der Waals surface area (Å²) in [4.78, 5) is 4.20. The Hall–Kier alpha value is -1.13. The molecule has 3 nitrogen and oxygen atoms in total. The monoisotopic (exact) mass is 305 g/mol. The third-order valence-electron chi connectivity index (χ3n) is 3.19. The molecule has 0 saturated heterocycles. The van der Waals surface area contributed by atoms with Crippen LogP contribution in [0.3, 0.4) is 0 Å². The van der Waals surface area contributed by atoms with E-state index in [4.69, 9.17) is 0 Å². The Morgan fingerprint density at radius 1 is 1.39 bits per heavy atom. The predicted octanol–water partition coefficient (Wildman–Crippen LogP) is 2.95. The second-order valence-electron chi connectivity index (χ2n) is 4.79. The van der Waals surface area contributed by atoms with Crippen LogP contribution in [0.1, 0.15) is 24.1 Å². The van der Waals surface area contributed by atoms with Gasteiger partial charge in [-0.2, -0.15) is 0 Å². The summed E-state index contributed by atoms with van der Waals surface area (Å²) in [6, 6.07) is 7.15. The molecule has 0 radical (unpaired) electrons. The van der Waals surface area contributed by atoms with Crippen LogP contribution in [0.4, 0.5) is 0 Å². The minimum atomic E-state index is 0.751. The van der Waals surface area contributed by atoms with Gasteiger partial charge in [0.25, 0.3) is 0 Å². The minimum absolute atomic E-state index is 0.751. The lowest BCUT2D eigenvalue weighted by Crippen LogP contribution is -2.18. The van der Waals surface area contributed by atoms with Gasteiger partial charge in [-0.1, -0.05) is 0 Å². The molecular formula is C14H16BrN3. The van der Waals surface area contributed by atoms with Crippen LogP contribution in [0.25, 0.3) is 0 Å². The number of pyridine rings is 1. The molecular weight excluding hydrogens is 290 g/mol. The third kappa shape index (κ3) is 3.00. The molecule has 0 atom stereocenters. The van der Waals surface area contributed by atoms with Crippen molar-refractivity contribution in [2.24, 2.45) is 0 Å². The zero-order chi connectivity index (χ0) is 12.4. The Bertz CT molecular complexity index is 531. The number of hydrogen-bond donors (Lipinski definition) is 1. The highest BCUT2D eigenvalue weighted by Crippen LogP contribution is 2.19. The van der Waals surface area contributed by atoms with Crippen LogP contribution in [0.15, 0.2) is 41.3 Å². The molecule has 2 aromatic rings. The molecule has 0 unspecified atom stereocenters. The van der Waals surface area contributed by atoms with E-state index in [1.54, 1.807) is 0 Å². The number of rotatable bonds is 5. The molecule has 1 fully saturated rings. The van der Waals surface area contributed by atoms with Crippen molar-refractivity contribution in [3.63, 3.8) is 0 Å². The van der Waals surface area contributed by atoms with E-state index in [9.17, 15) is 0 Å². The molecule has 2 aromatic heterocycles. The zero-order valence-corrected chi connectivity index (χ0v) is 11.7. The maximum absolute atomic E-state index is 4.20. The van der Waals surface area contributed by atoms with Gasteiger partial charge in [-0.3, -0.25) is 4.98 Å². The van der Waals surface area contributed by atoms with Crippen molar-refractivity contribution >= 4 is 15.9 Å². The van der Waals surface area contributed by atoms with Crippen molar-refractivity contribution in [1.82, 2.24) is 14.9 Å². The average Bonchev–Trinajstić information content (AvgIpc) is 3.08. The molecule has 1 N–H and O–H groups in total. The molecule has 1 saturated carbocycles. The fraction of sp³-hybridized carbons (Fsp3) is 0.357.